The van der Waals surface area contributed by atoms with Crippen LogP contribution in [0, 0.1) is 12.7 Å². The number of nitrogens with zero attached hydrogens (tertiary/aromatic N) is 1. The molecule has 0 bridgehead atoms. The maximum absolute atomic E-state index is 13.3. The van der Waals surface area contributed by atoms with Crippen molar-refractivity contribution in [3.8, 4) is 0 Å². The molecule has 2 aromatic rings. The maximum Gasteiger partial charge on any atom is 0.255 e. The van der Waals surface area contributed by atoms with Gasteiger partial charge >= 0.3 is 0 Å². The van der Waals surface area contributed by atoms with Crippen LogP contribution in [-0.2, 0) is 14.8 Å². The summed E-state index contributed by atoms with van der Waals surface area (Å²) in [5.41, 5.74) is 1.04. The van der Waals surface area contributed by atoms with E-state index in [0.717, 1.165) is 0 Å². The largest absolute Gasteiger partial charge is 0.379 e. The van der Waals surface area contributed by atoms with E-state index in [1.54, 1.807) is 25.1 Å². The van der Waals surface area contributed by atoms with Crippen LogP contribution in [0.4, 0.5) is 10.1 Å². The highest BCUT2D eigenvalue weighted by Crippen LogP contribution is 2.23. The summed E-state index contributed by atoms with van der Waals surface area (Å²) in [4.78, 5) is 12.5. The van der Waals surface area contributed by atoms with Crippen molar-refractivity contribution in [1.82, 2.24) is 4.31 Å². The van der Waals surface area contributed by atoms with E-state index < -0.39 is 21.7 Å². The number of anilines is 1. The quantitative estimate of drug-likeness (QED) is 0.887. The van der Waals surface area contributed by atoms with Gasteiger partial charge in [0.25, 0.3) is 5.91 Å². The Bertz CT molecular complexity index is 925. The van der Waals surface area contributed by atoms with Crippen molar-refractivity contribution < 1.29 is 22.3 Å². The summed E-state index contributed by atoms with van der Waals surface area (Å²) in [7, 11) is -3.71. The van der Waals surface area contributed by atoms with Gasteiger partial charge in [-0.25, -0.2) is 12.8 Å². The molecule has 1 aliphatic rings. The van der Waals surface area contributed by atoms with Gasteiger partial charge in [-0.1, -0.05) is 12.1 Å². The lowest BCUT2D eigenvalue weighted by molar-refractivity contribution is 0.0730. The van der Waals surface area contributed by atoms with Crippen molar-refractivity contribution in [2.45, 2.75) is 11.8 Å². The van der Waals surface area contributed by atoms with Crippen LogP contribution in [0.2, 0.25) is 0 Å². The maximum atomic E-state index is 13.3. The summed E-state index contributed by atoms with van der Waals surface area (Å²) in [6.07, 6.45) is 0. The van der Waals surface area contributed by atoms with Crippen molar-refractivity contribution >= 4 is 21.6 Å². The molecule has 0 aromatic heterocycles. The zero-order chi connectivity index (χ0) is 18.7. The molecule has 1 aliphatic heterocycles. The third kappa shape index (κ3) is 3.92. The molecule has 0 unspecified atom stereocenters. The summed E-state index contributed by atoms with van der Waals surface area (Å²) in [6.45, 7) is 2.93. The summed E-state index contributed by atoms with van der Waals surface area (Å²) < 4.78 is 45.6. The molecule has 0 radical (unpaired) electrons. The molecular weight excluding hydrogens is 359 g/mol. The molecular formula is C18H19FN2O4S. The summed E-state index contributed by atoms with van der Waals surface area (Å²) >= 11 is 0. The van der Waals surface area contributed by atoms with Crippen LogP contribution < -0.4 is 5.32 Å². The van der Waals surface area contributed by atoms with Gasteiger partial charge < -0.3 is 10.1 Å². The molecule has 0 spiro atoms. The second-order valence-corrected chi connectivity index (χ2v) is 7.87. The number of halogens is 1. The van der Waals surface area contributed by atoms with E-state index in [4.69, 9.17) is 4.74 Å². The Morgan fingerprint density at radius 2 is 1.88 bits per heavy atom. The van der Waals surface area contributed by atoms with Crippen LogP contribution in [0.1, 0.15) is 15.9 Å². The molecule has 1 fully saturated rings. The monoisotopic (exact) mass is 378 g/mol. The highest BCUT2D eigenvalue weighted by atomic mass is 32.2. The molecule has 2 aromatic carbocycles. The number of carbonyl (C=O) groups excluding carboxylic acids is 1. The SMILES string of the molecule is Cc1ccc(C(=O)Nc2cccc(F)c2)cc1S(=O)(=O)N1CCOCC1. The van der Waals surface area contributed by atoms with Gasteiger partial charge in [-0.05, 0) is 42.8 Å². The summed E-state index contributed by atoms with van der Waals surface area (Å²) in [6, 6.07) is 9.99. The number of sulfonamides is 1. The molecule has 8 heteroatoms. The minimum absolute atomic E-state index is 0.0892. The highest BCUT2D eigenvalue weighted by molar-refractivity contribution is 7.89. The third-order valence-corrected chi connectivity index (χ3v) is 6.16. The molecule has 1 amide bonds. The number of amides is 1. The smallest absolute Gasteiger partial charge is 0.255 e. The van der Waals surface area contributed by atoms with Crippen molar-refractivity contribution in [3.63, 3.8) is 0 Å². The van der Waals surface area contributed by atoms with Crippen molar-refractivity contribution in [3.05, 3.63) is 59.4 Å². The van der Waals surface area contributed by atoms with E-state index in [1.165, 1.54) is 28.6 Å². The normalized spacial score (nSPS) is 15.6. The minimum atomic E-state index is -3.71. The molecule has 3 rings (SSSR count). The molecule has 1 N–H and O–H groups in total. The van der Waals surface area contributed by atoms with E-state index in [2.05, 4.69) is 5.32 Å². The second kappa shape index (κ2) is 7.53. The van der Waals surface area contributed by atoms with Crippen molar-refractivity contribution in [2.24, 2.45) is 0 Å². The van der Waals surface area contributed by atoms with Gasteiger partial charge in [-0.15, -0.1) is 0 Å². The molecule has 1 heterocycles. The number of ether oxygens (including phenoxy) is 1. The number of rotatable bonds is 4. The average molecular weight is 378 g/mol. The molecule has 0 atom stereocenters. The van der Waals surface area contributed by atoms with Crippen LogP contribution in [0.15, 0.2) is 47.4 Å². The van der Waals surface area contributed by atoms with Gasteiger partial charge in [0, 0.05) is 24.3 Å². The first-order chi connectivity index (χ1) is 12.4. The Morgan fingerprint density at radius 3 is 2.58 bits per heavy atom. The Morgan fingerprint density at radius 1 is 1.15 bits per heavy atom. The predicted molar refractivity (Wildman–Crippen MR) is 95.1 cm³/mol. The molecule has 26 heavy (non-hydrogen) atoms. The molecule has 0 aliphatic carbocycles. The predicted octanol–water partition coefficient (Wildman–Crippen LogP) is 2.41. The zero-order valence-corrected chi connectivity index (χ0v) is 15.1. The molecule has 6 nitrogen and oxygen atoms in total. The molecule has 138 valence electrons. The highest BCUT2D eigenvalue weighted by Gasteiger charge is 2.28. The number of morpholine rings is 1. The van der Waals surface area contributed by atoms with Crippen LogP contribution in [0.25, 0.3) is 0 Å². The topological polar surface area (TPSA) is 75.7 Å². The second-order valence-electron chi connectivity index (χ2n) is 5.96. The zero-order valence-electron chi connectivity index (χ0n) is 14.2. The van der Waals surface area contributed by atoms with E-state index in [0.29, 0.717) is 24.5 Å². The first-order valence-corrected chi connectivity index (χ1v) is 9.57. The lowest BCUT2D eigenvalue weighted by atomic mass is 10.1. The van der Waals surface area contributed by atoms with Gasteiger partial charge in [0.1, 0.15) is 5.82 Å². The lowest BCUT2D eigenvalue weighted by Gasteiger charge is -2.26. The number of nitrogens with one attached hydrogen (secondary N) is 1. The third-order valence-electron chi connectivity index (χ3n) is 4.12. The summed E-state index contributed by atoms with van der Waals surface area (Å²) in [5.74, 6) is -0.976. The van der Waals surface area contributed by atoms with Gasteiger partial charge in [-0.2, -0.15) is 4.31 Å². The molecule has 0 saturated carbocycles. The summed E-state index contributed by atoms with van der Waals surface area (Å²) in [5, 5.41) is 2.57. The van der Waals surface area contributed by atoms with Gasteiger partial charge in [-0.3, -0.25) is 4.79 Å². The van der Waals surface area contributed by atoms with Gasteiger partial charge in [0.2, 0.25) is 10.0 Å². The van der Waals surface area contributed by atoms with E-state index >= 15 is 0 Å². The van der Waals surface area contributed by atoms with Gasteiger partial charge in [0.15, 0.2) is 0 Å². The number of aryl methyl sites for hydroxylation is 1. The lowest BCUT2D eigenvalue weighted by Crippen LogP contribution is -2.40. The van der Waals surface area contributed by atoms with E-state index in [1.807, 2.05) is 0 Å². The first-order valence-electron chi connectivity index (χ1n) is 8.13. The fraction of sp³-hybridized carbons (Fsp3) is 0.278. The molecule has 1 saturated heterocycles. The fourth-order valence-electron chi connectivity index (χ4n) is 2.71. The number of benzene rings is 2. The standard InChI is InChI=1S/C18H19FN2O4S/c1-13-5-6-14(18(22)20-16-4-2-3-15(19)12-16)11-17(13)26(23,24)21-7-9-25-10-8-21/h2-6,11-12H,7-10H2,1H3,(H,20,22). The van der Waals surface area contributed by atoms with Crippen molar-refractivity contribution in [2.75, 3.05) is 31.6 Å². The first kappa shape index (κ1) is 18.5. The Kier molecular flexibility index (Phi) is 5.36. The number of carbonyl (C=O) groups is 1. The van der Waals surface area contributed by atoms with Crippen LogP contribution in [0.5, 0.6) is 0 Å². The van der Waals surface area contributed by atoms with Crippen LogP contribution in [0.3, 0.4) is 0 Å². The van der Waals surface area contributed by atoms with E-state index in [-0.39, 0.29) is 23.5 Å². The average Bonchev–Trinajstić information content (AvgIpc) is 2.62. The number of hydrogen-bond donors (Lipinski definition) is 1. The Hall–Kier alpha value is -2.29. The van der Waals surface area contributed by atoms with Crippen molar-refractivity contribution in [1.29, 1.82) is 0 Å². The van der Waals surface area contributed by atoms with Crippen LogP contribution in [-0.4, -0.2) is 44.9 Å². The van der Waals surface area contributed by atoms with Gasteiger partial charge in [0.05, 0.1) is 18.1 Å². The minimum Gasteiger partial charge on any atom is -0.379 e. The fourth-order valence-corrected chi connectivity index (χ4v) is 4.37. The Labute approximate surface area is 151 Å². The number of hydrogen-bond acceptors (Lipinski definition) is 4. The van der Waals surface area contributed by atoms with E-state index in [9.17, 15) is 17.6 Å². The Balaban J connectivity index is 1.88. The van der Waals surface area contributed by atoms with Crippen LogP contribution >= 0.6 is 0 Å².